The Kier molecular flexibility index (Phi) is 5.55. The predicted molar refractivity (Wildman–Crippen MR) is 106 cm³/mol. The molecule has 0 spiro atoms. The molecule has 150 valence electrons. The molecule has 0 radical (unpaired) electrons. The van der Waals surface area contributed by atoms with Crippen LogP contribution >= 0.6 is 0 Å². The number of aromatic nitrogens is 2. The molecule has 6 heteroatoms. The summed E-state index contributed by atoms with van der Waals surface area (Å²) in [6.45, 7) is 3.38. The number of ether oxygens (including phenoxy) is 2. The zero-order valence-corrected chi connectivity index (χ0v) is 16.8. The summed E-state index contributed by atoms with van der Waals surface area (Å²) in [5.41, 5.74) is 3.09. The molecule has 2 aromatic rings. The quantitative estimate of drug-likeness (QED) is 0.734. The summed E-state index contributed by atoms with van der Waals surface area (Å²) in [7, 11) is 1.94. The molecule has 1 fully saturated rings. The van der Waals surface area contributed by atoms with Crippen molar-refractivity contribution in [1.29, 1.82) is 0 Å². The van der Waals surface area contributed by atoms with Crippen LogP contribution in [-0.2, 0) is 24.9 Å². The van der Waals surface area contributed by atoms with Crippen molar-refractivity contribution in [2.45, 2.75) is 58.5 Å². The zero-order valence-electron chi connectivity index (χ0n) is 16.8. The van der Waals surface area contributed by atoms with Crippen molar-refractivity contribution in [3.63, 3.8) is 0 Å². The van der Waals surface area contributed by atoms with Gasteiger partial charge in [-0.3, -0.25) is 9.48 Å². The highest BCUT2D eigenvalue weighted by Crippen LogP contribution is 2.33. The second-order valence-corrected chi connectivity index (χ2v) is 7.97. The minimum absolute atomic E-state index is 0.130. The lowest BCUT2D eigenvalue weighted by molar-refractivity contribution is -0.137. The van der Waals surface area contributed by atoms with Crippen molar-refractivity contribution in [2.75, 3.05) is 6.79 Å². The van der Waals surface area contributed by atoms with Gasteiger partial charge in [-0.25, -0.2) is 0 Å². The van der Waals surface area contributed by atoms with Gasteiger partial charge < -0.3 is 14.4 Å². The summed E-state index contributed by atoms with van der Waals surface area (Å²) in [5.74, 6) is 1.92. The number of fused-ring (bicyclic) bond motifs is 1. The maximum absolute atomic E-state index is 13.5. The molecule has 1 aromatic heterocycles. The summed E-state index contributed by atoms with van der Waals surface area (Å²) in [4.78, 5) is 15.4. The van der Waals surface area contributed by atoms with Gasteiger partial charge in [0.25, 0.3) is 0 Å². The van der Waals surface area contributed by atoms with Gasteiger partial charge in [0, 0.05) is 19.5 Å². The van der Waals surface area contributed by atoms with Crippen LogP contribution in [0.4, 0.5) is 0 Å². The van der Waals surface area contributed by atoms with E-state index in [4.69, 9.17) is 9.47 Å². The number of nitrogens with zero attached hydrogens (tertiary/aromatic N) is 3. The Morgan fingerprint density at radius 1 is 1.11 bits per heavy atom. The van der Waals surface area contributed by atoms with Gasteiger partial charge >= 0.3 is 0 Å². The molecule has 1 amide bonds. The predicted octanol–water partition coefficient (Wildman–Crippen LogP) is 3.96. The molecule has 1 aliphatic heterocycles. The van der Waals surface area contributed by atoms with Gasteiger partial charge in [0.15, 0.2) is 11.5 Å². The monoisotopic (exact) mass is 383 g/mol. The van der Waals surface area contributed by atoms with Gasteiger partial charge in [0.1, 0.15) is 0 Å². The highest BCUT2D eigenvalue weighted by Gasteiger charge is 2.26. The molecular weight excluding hydrogens is 354 g/mol. The van der Waals surface area contributed by atoms with E-state index in [-0.39, 0.29) is 18.6 Å². The van der Waals surface area contributed by atoms with E-state index in [1.165, 1.54) is 12.8 Å². The smallest absolute Gasteiger partial charge is 0.231 e. The number of aryl methyl sites for hydroxylation is 2. The number of carbonyl (C=O) groups excluding carboxylic acids is 1. The van der Waals surface area contributed by atoms with E-state index < -0.39 is 0 Å². The van der Waals surface area contributed by atoms with Gasteiger partial charge in [-0.2, -0.15) is 5.10 Å². The molecule has 2 aliphatic rings. The Morgan fingerprint density at radius 3 is 2.57 bits per heavy atom. The first-order valence-electron chi connectivity index (χ1n) is 10.3. The first-order chi connectivity index (χ1) is 13.6. The molecular formula is C22H29N3O3. The number of benzene rings is 1. The molecule has 0 saturated heterocycles. The van der Waals surface area contributed by atoms with Crippen molar-refractivity contribution in [2.24, 2.45) is 13.0 Å². The van der Waals surface area contributed by atoms with Crippen LogP contribution in [0.15, 0.2) is 24.3 Å². The minimum atomic E-state index is 0.130. The van der Waals surface area contributed by atoms with Crippen LogP contribution in [0.5, 0.6) is 11.5 Å². The minimum Gasteiger partial charge on any atom is -0.454 e. The topological polar surface area (TPSA) is 56.6 Å². The summed E-state index contributed by atoms with van der Waals surface area (Å²) in [6, 6.07) is 8.01. The van der Waals surface area contributed by atoms with E-state index in [0.717, 1.165) is 54.1 Å². The van der Waals surface area contributed by atoms with E-state index in [1.54, 1.807) is 0 Å². The molecule has 6 nitrogen and oxygen atoms in total. The third kappa shape index (κ3) is 4.16. The molecule has 2 heterocycles. The van der Waals surface area contributed by atoms with Gasteiger partial charge in [-0.1, -0.05) is 31.7 Å². The van der Waals surface area contributed by atoms with E-state index in [2.05, 4.69) is 11.2 Å². The number of rotatable bonds is 5. The third-order valence-corrected chi connectivity index (χ3v) is 5.78. The standard InChI is InChI=1S/C22H29N3O3/c1-16-11-19(24(2)23-16)14-25(22(26)18-7-5-3-4-6-8-18)13-17-9-10-20-21(12-17)28-15-27-20/h9-12,18H,3-8,13-15H2,1-2H3. The van der Waals surface area contributed by atoms with Crippen LogP contribution in [0.3, 0.4) is 0 Å². The third-order valence-electron chi connectivity index (χ3n) is 5.78. The first kappa shape index (κ1) is 18.8. The zero-order chi connectivity index (χ0) is 19.5. The summed E-state index contributed by atoms with van der Waals surface area (Å²) >= 11 is 0. The molecule has 28 heavy (non-hydrogen) atoms. The maximum Gasteiger partial charge on any atom is 0.231 e. The lowest BCUT2D eigenvalue weighted by Crippen LogP contribution is -2.35. The molecule has 0 atom stereocenters. The molecule has 1 aromatic carbocycles. The number of amides is 1. The van der Waals surface area contributed by atoms with Gasteiger partial charge in [0.05, 0.1) is 17.9 Å². The summed E-state index contributed by atoms with van der Waals surface area (Å²) in [6.07, 6.45) is 6.79. The molecule has 0 unspecified atom stereocenters. The highest BCUT2D eigenvalue weighted by molar-refractivity contribution is 5.79. The van der Waals surface area contributed by atoms with Crippen molar-refractivity contribution in [3.8, 4) is 11.5 Å². The largest absolute Gasteiger partial charge is 0.454 e. The average molecular weight is 383 g/mol. The maximum atomic E-state index is 13.5. The van der Waals surface area contributed by atoms with Crippen molar-refractivity contribution >= 4 is 5.91 Å². The fraction of sp³-hybridized carbons (Fsp3) is 0.545. The fourth-order valence-corrected chi connectivity index (χ4v) is 4.26. The van der Waals surface area contributed by atoms with Crippen LogP contribution in [0.2, 0.25) is 0 Å². The second-order valence-electron chi connectivity index (χ2n) is 7.97. The number of carbonyl (C=O) groups is 1. The van der Waals surface area contributed by atoms with Crippen molar-refractivity contribution in [3.05, 3.63) is 41.2 Å². The van der Waals surface area contributed by atoms with Crippen LogP contribution in [0.25, 0.3) is 0 Å². The van der Waals surface area contributed by atoms with Crippen LogP contribution < -0.4 is 9.47 Å². The van der Waals surface area contributed by atoms with E-state index >= 15 is 0 Å². The molecule has 1 aliphatic carbocycles. The van der Waals surface area contributed by atoms with Gasteiger partial charge in [-0.15, -0.1) is 0 Å². The van der Waals surface area contributed by atoms with E-state index in [9.17, 15) is 4.79 Å². The van der Waals surface area contributed by atoms with Crippen molar-refractivity contribution < 1.29 is 14.3 Å². The van der Waals surface area contributed by atoms with E-state index in [1.807, 2.05) is 41.8 Å². The van der Waals surface area contributed by atoms with E-state index in [0.29, 0.717) is 13.1 Å². The Balaban J connectivity index is 1.56. The van der Waals surface area contributed by atoms with Crippen LogP contribution in [-0.4, -0.2) is 27.4 Å². The SMILES string of the molecule is Cc1cc(CN(Cc2ccc3c(c2)OCO3)C(=O)C2CCCCCC2)n(C)n1. The fourth-order valence-electron chi connectivity index (χ4n) is 4.26. The van der Waals surface area contributed by atoms with Crippen LogP contribution in [0, 0.1) is 12.8 Å². The van der Waals surface area contributed by atoms with Gasteiger partial charge in [-0.05, 0) is 43.5 Å². The second kappa shape index (κ2) is 8.25. The van der Waals surface area contributed by atoms with Crippen molar-refractivity contribution in [1.82, 2.24) is 14.7 Å². The van der Waals surface area contributed by atoms with Gasteiger partial charge in [0.2, 0.25) is 12.7 Å². The molecule has 0 N–H and O–H groups in total. The van der Waals surface area contributed by atoms with Crippen LogP contribution in [0.1, 0.15) is 55.5 Å². The first-order valence-corrected chi connectivity index (χ1v) is 10.3. The molecule has 0 bridgehead atoms. The molecule has 1 saturated carbocycles. The Hall–Kier alpha value is -2.50. The lowest BCUT2D eigenvalue weighted by atomic mass is 9.98. The lowest BCUT2D eigenvalue weighted by Gasteiger charge is -2.27. The number of hydrogen-bond donors (Lipinski definition) is 0. The highest BCUT2D eigenvalue weighted by atomic mass is 16.7. The summed E-state index contributed by atoms with van der Waals surface area (Å²) < 4.78 is 12.8. The Bertz CT molecular complexity index is 838. The Labute approximate surface area is 166 Å². The average Bonchev–Trinajstić information content (AvgIpc) is 3.15. The normalized spacial score (nSPS) is 16.8. The molecule has 4 rings (SSSR count). The number of hydrogen-bond acceptors (Lipinski definition) is 4. The summed E-state index contributed by atoms with van der Waals surface area (Å²) in [5, 5.41) is 4.45. The Morgan fingerprint density at radius 2 is 1.86 bits per heavy atom.